The third-order valence-corrected chi connectivity index (χ3v) is 1.45. The summed E-state index contributed by atoms with van der Waals surface area (Å²) in [5.41, 5.74) is 2.24. The van der Waals surface area contributed by atoms with E-state index in [4.69, 9.17) is 0 Å². The molecule has 0 N–H and O–H groups in total. The Morgan fingerprint density at radius 1 is 1.33 bits per heavy atom. The molecule has 0 atom stereocenters. The molecular formula is C11H15N. The number of hydrogen-bond donors (Lipinski definition) is 0. The monoisotopic (exact) mass is 161 g/mol. The second-order valence-corrected chi connectivity index (χ2v) is 2.29. The Labute approximate surface area is 74.5 Å². The molecule has 1 heteroatoms. The van der Waals surface area contributed by atoms with E-state index < -0.39 is 0 Å². The van der Waals surface area contributed by atoms with Gasteiger partial charge in [-0.2, -0.15) is 0 Å². The van der Waals surface area contributed by atoms with Gasteiger partial charge in [-0.15, -0.1) is 0 Å². The van der Waals surface area contributed by atoms with E-state index in [2.05, 4.69) is 18.2 Å². The first kappa shape index (κ1) is 10.6. The van der Waals surface area contributed by atoms with Crippen molar-refractivity contribution >= 4 is 6.21 Å². The van der Waals surface area contributed by atoms with Crippen LogP contribution in [0.25, 0.3) is 0 Å². The van der Waals surface area contributed by atoms with Crippen molar-refractivity contribution in [2.75, 3.05) is 0 Å². The van der Waals surface area contributed by atoms with Crippen molar-refractivity contribution in [2.45, 2.75) is 13.8 Å². The summed E-state index contributed by atoms with van der Waals surface area (Å²) < 4.78 is 0. The third-order valence-electron chi connectivity index (χ3n) is 1.45. The molecule has 0 aromatic rings. The Morgan fingerprint density at radius 3 is 2.42 bits per heavy atom. The Morgan fingerprint density at radius 2 is 2.00 bits per heavy atom. The van der Waals surface area contributed by atoms with Crippen molar-refractivity contribution in [3.05, 3.63) is 48.7 Å². The topological polar surface area (TPSA) is 12.4 Å². The Bertz CT molecular complexity index is 242. The van der Waals surface area contributed by atoms with Gasteiger partial charge >= 0.3 is 0 Å². The van der Waals surface area contributed by atoms with Gasteiger partial charge in [0, 0.05) is 12.4 Å². The molecule has 0 spiro atoms. The highest BCUT2D eigenvalue weighted by molar-refractivity contribution is 5.84. The maximum absolute atomic E-state index is 3.94. The zero-order chi connectivity index (χ0) is 9.40. The number of hydrogen-bond acceptors (Lipinski definition) is 1. The average molecular weight is 161 g/mol. The van der Waals surface area contributed by atoms with Crippen LogP contribution in [0.5, 0.6) is 0 Å². The van der Waals surface area contributed by atoms with E-state index in [1.165, 1.54) is 6.20 Å². The molecule has 0 aliphatic carbocycles. The second-order valence-electron chi connectivity index (χ2n) is 2.29. The summed E-state index contributed by atoms with van der Waals surface area (Å²) >= 11 is 0. The van der Waals surface area contributed by atoms with Gasteiger partial charge in [-0.05, 0) is 25.0 Å². The van der Waals surface area contributed by atoms with Crippen LogP contribution < -0.4 is 0 Å². The summed E-state index contributed by atoms with van der Waals surface area (Å²) in [7, 11) is 0. The molecule has 0 radical (unpaired) electrons. The fourth-order valence-electron chi connectivity index (χ4n) is 0.810. The van der Waals surface area contributed by atoms with Gasteiger partial charge in [0.1, 0.15) is 0 Å². The van der Waals surface area contributed by atoms with Crippen LogP contribution in [-0.2, 0) is 0 Å². The highest BCUT2D eigenvalue weighted by Crippen LogP contribution is 2.06. The molecule has 0 unspecified atom stereocenters. The summed E-state index contributed by atoms with van der Waals surface area (Å²) in [5, 5.41) is 0. The van der Waals surface area contributed by atoms with Crippen LogP contribution in [0.3, 0.4) is 0 Å². The molecule has 12 heavy (non-hydrogen) atoms. The molecule has 0 rings (SSSR count). The highest BCUT2D eigenvalue weighted by atomic mass is 14.7. The molecule has 0 fully saturated rings. The van der Waals surface area contributed by atoms with Crippen LogP contribution >= 0.6 is 0 Å². The number of allylic oxidation sites excluding steroid dienone is 5. The van der Waals surface area contributed by atoms with Crippen LogP contribution in [0.15, 0.2) is 53.7 Å². The Hall–Kier alpha value is -1.37. The van der Waals surface area contributed by atoms with Gasteiger partial charge in [-0.1, -0.05) is 31.4 Å². The van der Waals surface area contributed by atoms with Crippen molar-refractivity contribution in [3.8, 4) is 0 Å². The van der Waals surface area contributed by atoms with E-state index in [-0.39, 0.29) is 0 Å². The lowest BCUT2D eigenvalue weighted by Crippen LogP contribution is -1.85. The van der Waals surface area contributed by atoms with E-state index >= 15 is 0 Å². The Balaban J connectivity index is 4.57. The Kier molecular flexibility index (Phi) is 5.62. The zero-order valence-electron chi connectivity index (χ0n) is 7.75. The van der Waals surface area contributed by atoms with Crippen molar-refractivity contribution in [1.82, 2.24) is 0 Å². The first-order valence-electron chi connectivity index (χ1n) is 3.86. The van der Waals surface area contributed by atoms with E-state index in [1.54, 1.807) is 12.3 Å². The molecular weight excluding hydrogens is 146 g/mol. The third kappa shape index (κ3) is 3.71. The minimum atomic E-state index is 1.09. The summed E-state index contributed by atoms with van der Waals surface area (Å²) in [6.07, 6.45) is 9.01. The van der Waals surface area contributed by atoms with E-state index in [9.17, 15) is 0 Å². The van der Waals surface area contributed by atoms with Crippen molar-refractivity contribution in [1.29, 1.82) is 0 Å². The first-order chi connectivity index (χ1) is 5.76. The molecule has 0 heterocycles. The van der Waals surface area contributed by atoms with Gasteiger partial charge in [-0.3, -0.25) is 4.99 Å². The minimum absolute atomic E-state index is 1.09. The lowest BCUT2D eigenvalue weighted by molar-refractivity contribution is 1.44. The van der Waals surface area contributed by atoms with Gasteiger partial charge in [0.25, 0.3) is 0 Å². The smallest absolute Gasteiger partial charge is 0.0339 e. The van der Waals surface area contributed by atoms with E-state index in [0.29, 0.717) is 0 Å². The molecule has 0 amide bonds. The van der Waals surface area contributed by atoms with Gasteiger partial charge in [0.15, 0.2) is 0 Å². The molecule has 0 aromatic heterocycles. The normalized spacial score (nSPS) is 13.5. The molecule has 0 saturated heterocycles. The molecule has 0 saturated carbocycles. The van der Waals surface area contributed by atoms with Gasteiger partial charge in [-0.25, -0.2) is 0 Å². The van der Waals surface area contributed by atoms with Crippen LogP contribution in [0, 0.1) is 0 Å². The van der Waals surface area contributed by atoms with Crippen LogP contribution in [-0.4, -0.2) is 6.21 Å². The standard InChI is InChI=1S/C11H15N/c1-5-8-10(4)11(6-2)9-12-7-3/h5-9H,1,3H2,2,4H3/b10-8-,11-6?,12-9-. The molecule has 0 bridgehead atoms. The van der Waals surface area contributed by atoms with Crippen LogP contribution in [0.4, 0.5) is 0 Å². The fourth-order valence-corrected chi connectivity index (χ4v) is 0.810. The minimum Gasteiger partial charge on any atom is -0.265 e. The largest absolute Gasteiger partial charge is 0.265 e. The fraction of sp³-hybridized carbons (Fsp3) is 0.182. The zero-order valence-corrected chi connectivity index (χ0v) is 7.75. The summed E-state index contributed by atoms with van der Waals surface area (Å²) in [6.45, 7) is 11.1. The second kappa shape index (κ2) is 6.35. The van der Waals surface area contributed by atoms with Crippen LogP contribution in [0.2, 0.25) is 0 Å². The summed E-state index contributed by atoms with van der Waals surface area (Å²) in [5.74, 6) is 0. The lowest BCUT2D eigenvalue weighted by Gasteiger charge is -1.97. The van der Waals surface area contributed by atoms with Gasteiger partial charge in [0.05, 0.1) is 0 Å². The number of aliphatic imine (C=N–C) groups is 1. The van der Waals surface area contributed by atoms with Crippen molar-refractivity contribution in [3.63, 3.8) is 0 Å². The molecule has 0 aliphatic rings. The summed E-state index contributed by atoms with van der Waals surface area (Å²) in [6, 6.07) is 0. The predicted octanol–water partition coefficient (Wildman–Crippen LogP) is 3.28. The quantitative estimate of drug-likeness (QED) is 0.443. The van der Waals surface area contributed by atoms with Crippen LogP contribution in [0.1, 0.15) is 13.8 Å². The maximum atomic E-state index is 3.94. The number of nitrogens with zero attached hydrogens (tertiary/aromatic N) is 1. The lowest BCUT2D eigenvalue weighted by atomic mass is 10.1. The number of rotatable bonds is 4. The van der Waals surface area contributed by atoms with Crippen molar-refractivity contribution in [2.24, 2.45) is 4.99 Å². The predicted molar refractivity (Wildman–Crippen MR) is 56.4 cm³/mol. The molecule has 64 valence electrons. The van der Waals surface area contributed by atoms with E-state index in [1.807, 2.05) is 26.0 Å². The first-order valence-corrected chi connectivity index (χ1v) is 3.86. The molecule has 1 nitrogen and oxygen atoms in total. The molecule has 0 aliphatic heterocycles. The highest BCUT2D eigenvalue weighted by Gasteiger charge is 1.91. The SMILES string of the molecule is C=C/C=C(/C)C(=CC)/C=N\C=C. The van der Waals surface area contributed by atoms with Gasteiger partial charge < -0.3 is 0 Å². The van der Waals surface area contributed by atoms with E-state index in [0.717, 1.165) is 11.1 Å². The average Bonchev–Trinajstić information content (AvgIpc) is 2.06. The maximum Gasteiger partial charge on any atom is 0.0339 e. The molecule has 0 aromatic carbocycles. The van der Waals surface area contributed by atoms with Crippen molar-refractivity contribution < 1.29 is 0 Å². The summed E-state index contributed by atoms with van der Waals surface area (Å²) in [4.78, 5) is 3.94. The van der Waals surface area contributed by atoms with Gasteiger partial charge in [0.2, 0.25) is 0 Å².